The molecule has 0 saturated carbocycles. The third-order valence-corrected chi connectivity index (χ3v) is 5.86. The smallest absolute Gasteiger partial charge is 0.338 e. The van der Waals surface area contributed by atoms with Gasteiger partial charge in [-0.2, -0.15) is 0 Å². The van der Waals surface area contributed by atoms with E-state index in [1.165, 1.54) is 46.9 Å². The average Bonchev–Trinajstić information content (AvgIpc) is 3.52. The number of hydrogen-bond donors (Lipinski definition) is 2. The van der Waals surface area contributed by atoms with Crippen LogP contribution in [0, 0.1) is 0 Å². The van der Waals surface area contributed by atoms with Crippen molar-refractivity contribution < 1.29 is 28.7 Å². The summed E-state index contributed by atoms with van der Waals surface area (Å²) in [6.07, 6.45) is 0. The molecule has 3 aromatic rings. The lowest BCUT2D eigenvalue weighted by Crippen LogP contribution is -2.28. The van der Waals surface area contributed by atoms with Crippen molar-refractivity contribution in [2.24, 2.45) is 0 Å². The minimum atomic E-state index is -0.691. The summed E-state index contributed by atoms with van der Waals surface area (Å²) in [4.78, 5) is 49.7. The maximum absolute atomic E-state index is 12.1. The van der Waals surface area contributed by atoms with Crippen LogP contribution < -0.4 is 10.6 Å². The third-order valence-electron chi connectivity index (χ3n) is 4.10. The number of amides is 2. The minimum Gasteiger partial charge on any atom is -0.452 e. The zero-order valence-electron chi connectivity index (χ0n) is 16.9. The van der Waals surface area contributed by atoms with E-state index in [4.69, 9.17) is 9.47 Å². The third kappa shape index (κ3) is 7.33. The molecule has 3 rings (SSSR count). The Hall–Kier alpha value is -3.50. The van der Waals surface area contributed by atoms with Crippen LogP contribution >= 0.6 is 22.7 Å². The summed E-state index contributed by atoms with van der Waals surface area (Å²) in [5, 5.41) is 9.12. The average molecular weight is 473 g/mol. The van der Waals surface area contributed by atoms with Crippen LogP contribution in [-0.2, 0) is 32.2 Å². The molecule has 0 fully saturated rings. The first-order valence-electron chi connectivity index (χ1n) is 9.54. The van der Waals surface area contributed by atoms with Gasteiger partial charge < -0.3 is 20.1 Å². The van der Waals surface area contributed by atoms with Crippen LogP contribution in [0.15, 0.2) is 59.3 Å². The Balaban J connectivity index is 1.38. The molecule has 0 aliphatic rings. The Bertz CT molecular complexity index is 962. The van der Waals surface area contributed by atoms with Crippen molar-refractivity contribution in [3.8, 4) is 0 Å². The molecule has 32 heavy (non-hydrogen) atoms. The Kier molecular flexibility index (Phi) is 8.52. The number of carbonyl (C=O) groups is 4. The fraction of sp³-hybridized carbons (Fsp3) is 0.182. The second-order valence-electron chi connectivity index (χ2n) is 6.44. The number of esters is 2. The summed E-state index contributed by atoms with van der Waals surface area (Å²) in [7, 11) is 0. The van der Waals surface area contributed by atoms with Gasteiger partial charge in [0.2, 0.25) is 0 Å². The van der Waals surface area contributed by atoms with Gasteiger partial charge >= 0.3 is 11.9 Å². The molecule has 8 nitrogen and oxygen atoms in total. The SMILES string of the molecule is O=C(COC(=O)c1ccc(C(=O)OCC(=O)NCc2cccs2)cc1)NCc1cccs1. The molecule has 2 heterocycles. The Morgan fingerprint density at radius 1 is 0.656 bits per heavy atom. The first-order valence-corrected chi connectivity index (χ1v) is 11.3. The van der Waals surface area contributed by atoms with Crippen LogP contribution in [0.4, 0.5) is 0 Å². The molecule has 2 amide bonds. The number of rotatable bonds is 10. The van der Waals surface area contributed by atoms with E-state index in [0.29, 0.717) is 13.1 Å². The van der Waals surface area contributed by atoms with Gasteiger partial charge in [0.1, 0.15) is 0 Å². The predicted octanol–water partition coefficient (Wildman–Crippen LogP) is 2.76. The molecule has 0 spiro atoms. The Morgan fingerprint density at radius 2 is 1.06 bits per heavy atom. The minimum absolute atomic E-state index is 0.182. The first-order chi connectivity index (χ1) is 15.5. The van der Waals surface area contributed by atoms with E-state index >= 15 is 0 Å². The molecule has 2 aromatic heterocycles. The highest BCUT2D eigenvalue weighted by Gasteiger charge is 2.14. The van der Waals surface area contributed by atoms with E-state index in [-0.39, 0.29) is 11.1 Å². The predicted molar refractivity (Wildman–Crippen MR) is 119 cm³/mol. The van der Waals surface area contributed by atoms with Crippen LogP contribution in [0.2, 0.25) is 0 Å². The lowest BCUT2D eigenvalue weighted by Gasteiger charge is -2.07. The lowest BCUT2D eigenvalue weighted by atomic mass is 10.1. The van der Waals surface area contributed by atoms with Crippen LogP contribution in [0.1, 0.15) is 30.5 Å². The van der Waals surface area contributed by atoms with Gasteiger partial charge in [-0.1, -0.05) is 12.1 Å². The fourth-order valence-corrected chi connectivity index (χ4v) is 3.76. The monoisotopic (exact) mass is 472 g/mol. The zero-order chi connectivity index (χ0) is 22.8. The highest BCUT2D eigenvalue weighted by atomic mass is 32.1. The maximum Gasteiger partial charge on any atom is 0.338 e. The van der Waals surface area contributed by atoms with Crippen molar-refractivity contribution in [1.82, 2.24) is 10.6 Å². The van der Waals surface area contributed by atoms with Crippen molar-refractivity contribution in [3.63, 3.8) is 0 Å². The number of thiophene rings is 2. The standard InChI is InChI=1S/C22H20N2O6S2/c25-19(23-11-17-3-1-9-31-17)13-29-21(27)15-5-7-16(8-6-15)22(28)30-14-20(26)24-12-18-4-2-10-32-18/h1-10H,11-14H2,(H,23,25)(H,24,26). The largest absolute Gasteiger partial charge is 0.452 e. The van der Waals surface area contributed by atoms with E-state index < -0.39 is 37.0 Å². The molecule has 0 saturated heterocycles. The summed E-state index contributed by atoms with van der Waals surface area (Å²) < 4.78 is 9.96. The summed E-state index contributed by atoms with van der Waals surface area (Å²) in [5.74, 6) is -2.21. The van der Waals surface area contributed by atoms with Crippen LogP contribution in [0.25, 0.3) is 0 Å². The van der Waals surface area contributed by atoms with Gasteiger partial charge in [-0.05, 0) is 47.2 Å². The highest BCUT2D eigenvalue weighted by Crippen LogP contribution is 2.09. The van der Waals surface area contributed by atoms with Gasteiger partial charge in [0.05, 0.1) is 24.2 Å². The summed E-state index contributed by atoms with van der Waals surface area (Å²) >= 11 is 3.03. The van der Waals surface area contributed by atoms with E-state index in [9.17, 15) is 19.2 Å². The van der Waals surface area contributed by atoms with Gasteiger partial charge in [0.25, 0.3) is 11.8 Å². The van der Waals surface area contributed by atoms with Gasteiger partial charge in [-0.15, -0.1) is 22.7 Å². The summed E-state index contributed by atoms with van der Waals surface area (Å²) in [6.45, 7) is -0.0724. The second kappa shape index (κ2) is 11.8. The molecule has 0 radical (unpaired) electrons. The molecule has 2 N–H and O–H groups in total. The number of hydrogen-bond acceptors (Lipinski definition) is 8. The number of nitrogens with one attached hydrogen (secondary N) is 2. The summed E-state index contributed by atoms with van der Waals surface area (Å²) in [5.41, 5.74) is 0.364. The van der Waals surface area contributed by atoms with Crippen LogP contribution in [0.3, 0.4) is 0 Å². The number of carbonyl (C=O) groups excluding carboxylic acids is 4. The molecule has 0 unspecified atom stereocenters. The van der Waals surface area contributed by atoms with Crippen molar-refractivity contribution in [1.29, 1.82) is 0 Å². The molecule has 0 aliphatic carbocycles. The molecular weight excluding hydrogens is 452 g/mol. The Labute approximate surface area is 192 Å². The Morgan fingerprint density at radius 3 is 1.41 bits per heavy atom. The number of ether oxygens (including phenoxy) is 2. The summed E-state index contributed by atoms with van der Waals surface area (Å²) in [6, 6.07) is 13.1. The van der Waals surface area contributed by atoms with Crippen molar-refractivity contribution in [3.05, 3.63) is 80.2 Å². The molecule has 10 heteroatoms. The van der Waals surface area contributed by atoms with Crippen LogP contribution in [-0.4, -0.2) is 37.0 Å². The van der Waals surface area contributed by atoms with Gasteiger partial charge in [0, 0.05) is 9.75 Å². The van der Waals surface area contributed by atoms with Crippen molar-refractivity contribution >= 4 is 46.4 Å². The lowest BCUT2D eigenvalue weighted by molar-refractivity contribution is -0.125. The maximum atomic E-state index is 12.1. The van der Waals surface area contributed by atoms with E-state index in [2.05, 4.69) is 10.6 Å². The fourth-order valence-electron chi connectivity index (χ4n) is 2.47. The van der Waals surface area contributed by atoms with Crippen molar-refractivity contribution in [2.45, 2.75) is 13.1 Å². The molecule has 166 valence electrons. The molecule has 0 atom stereocenters. The van der Waals surface area contributed by atoms with E-state index in [1.54, 1.807) is 0 Å². The highest BCUT2D eigenvalue weighted by molar-refractivity contribution is 7.10. The number of benzene rings is 1. The van der Waals surface area contributed by atoms with Crippen LogP contribution in [0.5, 0.6) is 0 Å². The normalized spacial score (nSPS) is 10.2. The van der Waals surface area contributed by atoms with Crippen molar-refractivity contribution in [2.75, 3.05) is 13.2 Å². The molecule has 0 bridgehead atoms. The molecule has 1 aromatic carbocycles. The molecule has 0 aliphatic heterocycles. The van der Waals surface area contributed by atoms with Gasteiger partial charge in [-0.25, -0.2) is 9.59 Å². The zero-order valence-corrected chi connectivity index (χ0v) is 18.5. The second-order valence-corrected chi connectivity index (χ2v) is 8.51. The molecular formula is C22H20N2O6S2. The quantitative estimate of drug-likeness (QED) is 0.439. The van der Waals surface area contributed by atoms with E-state index in [0.717, 1.165) is 9.75 Å². The topological polar surface area (TPSA) is 111 Å². The van der Waals surface area contributed by atoms with Gasteiger partial charge in [-0.3, -0.25) is 9.59 Å². The first kappa shape index (κ1) is 23.2. The van der Waals surface area contributed by atoms with Gasteiger partial charge in [0.15, 0.2) is 13.2 Å². The van der Waals surface area contributed by atoms with E-state index in [1.807, 2.05) is 35.0 Å².